The number of alkyl halides is 1. The van der Waals surface area contributed by atoms with Gasteiger partial charge in [0, 0.05) is 12.4 Å². The van der Waals surface area contributed by atoms with Crippen molar-refractivity contribution in [1.82, 2.24) is 10.2 Å². The number of ether oxygens (including phenoxy) is 3. The lowest BCUT2D eigenvalue weighted by atomic mass is 10.0. The van der Waals surface area contributed by atoms with Crippen LogP contribution in [0.3, 0.4) is 0 Å². The first-order valence-corrected chi connectivity index (χ1v) is 7.63. The Morgan fingerprint density at radius 2 is 1.91 bits per heavy atom. The summed E-state index contributed by atoms with van der Waals surface area (Å²) >= 11 is 5.57. The quantitative estimate of drug-likeness (QED) is 0.650. The molecule has 7 nitrogen and oxygen atoms in total. The highest BCUT2D eigenvalue weighted by molar-refractivity contribution is 6.18. The number of benzene rings is 1. The molecule has 0 aromatic heterocycles. The normalized spacial score (nSPS) is 20.7. The van der Waals surface area contributed by atoms with Crippen molar-refractivity contribution < 1.29 is 23.8 Å². The van der Waals surface area contributed by atoms with Gasteiger partial charge in [-0.25, -0.2) is 4.79 Å². The number of nitrogens with one attached hydrogen (secondary N) is 1. The summed E-state index contributed by atoms with van der Waals surface area (Å²) in [5.74, 6) is 1.35. The van der Waals surface area contributed by atoms with E-state index in [0.29, 0.717) is 35.2 Å². The fourth-order valence-corrected chi connectivity index (χ4v) is 3.22. The molecule has 1 N–H and O–H groups in total. The van der Waals surface area contributed by atoms with E-state index in [4.69, 9.17) is 25.8 Å². The number of amides is 2. The number of urea groups is 1. The zero-order chi connectivity index (χ0) is 16.7. The van der Waals surface area contributed by atoms with Crippen molar-refractivity contribution in [3.8, 4) is 17.2 Å². The number of fused-ring (bicyclic) bond motifs is 3. The van der Waals surface area contributed by atoms with Gasteiger partial charge < -0.3 is 24.4 Å². The third kappa shape index (κ3) is 2.18. The second-order valence-corrected chi connectivity index (χ2v) is 5.57. The van der Waals surface area contributed by atoms with E-state index in [1.807, 2.05) is 0 Å². The van der Waals surface area contributed by atoms with E-state index >= 15 is 0 Å². The third-order valence-corrected chi connectivity index (χ3v) is 4.30. The molecule has 0 saturated carbocycles. The zero-order valence-corrected chi connectivity index (χ0v) is 13.8. The van der Waals surface area contributed by atoms with Crippen molar-refractivity contribution >= 4 is 23.4 Å². The Hall–Kier alpha value is -2.15. The maximum Gasteiger partial charge on any atom is 0.318 e. The molecule has 1 fully saturated rings. The lowest BCUT2D eigenvalue weighted by Crippen LogP contribution is -2.33. The Bertz CT molecular complexity index is 678. The summed E-state index contributed by atoms with van der Waals surface area (Å²) in [7, 11) is 4.47. The average Bonchev–Trinajstić information content (AvgIpc) is 3.25. The number of carbonyl (C=O) groups is 2. The Balaban J connectivity index is 1.99. The number of carbonyl (C=O) groups excluding carboxylic acids is 2. The van der Waals surface area contributed by atoms with Crippen molar-refractivity contribution in [2.24, 2.45) is 0 Å². The summed E-state index contributed by atoms with van der Waals surface area (Å²) in [6.45, 7) is 0.354. The van der Waals surface area contributed by atoms with Gasteiger partial charge in [-0.1, -0.05) is 0 Å². The lowest BCUT2D eigenvalue weighted by molar-refractivity contribution is 0.0976. The molecular formula is C15H17ClN2O5. The molecule has 1 aliphatic heterocycles. The smallest absolute Gasteiger partial charge is 0.318 e. The molecule has 2 amide bonds. The molecule has 2 unspecified atom stereocenters. The van der Waals surface area contributed by atoms with Crippen LogP contribution in [0.15, 0.2) is 6.07 Å². The molecule has 2 atom stereocenters. The van der Waals surface area contributed by atoms with E-state index in [0.717, 1.165) is 5.56 Å². The summed E-state index contributed by atoms with van der Waals surface area (Å²) in [6, 6.07) is 0.648. The second kappa shape index (κ2) is 5.81. The van der Waals surface area contributed by atoms with Gasteiger partial charge in [0.1, 0.15) is 6.04 Å². The summed E-state index contributed by atoms with van der Waals surface area (Å²) < 4.78 is 16.0. The SMILES string of the molecule is COc1cc2c(c(OC)c1OC)C(=O)C1C2N1C(=O)NCCCl. The molecule has 0 bridgehead atoms. The molecular weight excluding hydrogens is 324 g/mol. The van der Waals surface area contributed by atoms with Crippen LogP contribution in [-0.4, -0.2) is 56.5 Å². The Kier molecular flexibility index (Phi) is 3.97. The average molecular weight is 341 g/mol. The number of hydrogen-bond acceptors (Lipinski definition) is 5. The number of rotatable bonds is 5. The molecule has 8 heteroatoms. The molecule has 1 aromatic carbocycles. The van der Waals surface area contributed by atoms with Crippen molar-refractivity contribution in [3.05, 3.63) is 17.2 Å². The van der Waals surface area contributed by atoms with Gasteiger partial charge >= 0.3 is 6.03 Å². The minimum atomic E-state index is -0.494. The summed E-state index contributed by atoms with van der Waals surface area (Å²) in [5, 5.41) is 2.67. The molecule has 3 rings (SSSR count). The fourth-order valence-electron chi connectivity index (χ4n) is 3.13. The van der Waals surface area contributed by atoms with Crippen molar-refractivity contribution in [1.29, 1.82) is 0 Å². The highest BCUT2D eigenvalue weighted by Crippen LogP contribution is 2.57. The van der Waals surface area contributed by atoms with Crippen LogP contribution in [-0.2, 0) is 0 Å². The topological polar surface area (TPSA) is 76.9 Å². The molecule has 2 aliphatic rings. The van der Waals surface area contributed by atoms with Gasteiger partial charge in [0.15, 0.2) is 17.3 Å². The van der Waals surface area contributed by atoms with Gasteiger partial charge in [-0.3, -0.25) is 4.79 Å². The van der Waals surface area contributed by atoms with E-state index in [-0.39, 0.29) is 17.9 Å². The Labute approximate surface area is 138 Å². The molecule has 23 heavy (non-hydrogen) atoms. The van der Waals surface area contributed by atoms with Crippen molar-refractivity contribution in [3.63, 3.8) is 0 Å². The van der Waals surface area contributed by atoms with Crippen LogP contribution in [0.1, 0.15) is 22.0 Å². The molecule has 1 aromatic rings. The summed E-state index contributed by atoms with van der Waals surface area (Å²) in [4.78, 5) is 26.2. The largest absolute Gasteiger partial charge is 0.493 e. The Morgan fingerprint density at radius 3 is 2.48 bits per heavy atom. The number of nitrogens with zero attached hydrogens (tertiary/aromatic N) is 1. The van der Waals surface area contributed by atoms with Crippen LogP contribution in [0.5, 0.6) is 17.2 Å². The maximum absolute atomic E-state index is 12.7. The highest BCUT2D eigenvalue weighted by Gasteiger charge is 2.63. The van der Waals surface area contributed by atoms with Crippen molar-refractivity contribution in [2.75, 3.05) is 33.8 Å². The van der Waals surface area contributed by atoms with Crippen LogP contribution in [0.2, 0.25) is 0 Å². The number of hydrogen-bond donors (Lipinski definition) is 1. The molecule has 124 valence electrons. The molecule has 1 heterocycles. The number of ketones is 1. The van der Waals surface area contributed by atoms with Crippen LogP contribution in [0.4, 0.5) is 4.79 Å². The first-order chi connectivity index (χ1) is 11.1. The van der Waals surface area contributed by atoms with E-state index < -0.39 is 6.04 Å². The van der Waals surface area contributed by atoms with Crippen molar-refractivity contribution in [2.45, 2.75) is 12.1 Å². The van der Waals surface area contributed by atoms with Gasteiger partial charge in [-0.2, -0.15) is 0 Å². The first-order valence-electron chi connectivity index (χ1n) is 7.09. The lowest BCUT2D eigenvalue weighted by Gasteiger charge is -2.18. The monoisotopic (exact) mass is 340 g/mol. The molecule has 1 saturated heterocycles. The second-order valence-electron chi connectivity index (χ2n) is 5.19. The van der Waals surface area contributed by atoms with E-state index in [2.05, 4.69) is 5.32 Å². The molecule has 1 aliphatic carbocycles. The first kappa shape index (κ1) is 15.7. The Morgan fingerprint density at radius 1 is 1.22 bits per heavy atom. The van der Waals surface area contributed by atoms with Gasteiger partial charge in [0.2, 0.25) is 5.75 Å². The number of methoxy groups -OCH3 is 3. The van der Waals surface area contributed by atoms with Gasteiger partial charge in [0.05, 0.1) is 32.9 Å². The minimum Gasteiger partial charge on any atom is -0.493 e. The minimum absolute atomic E-state index is 0.149. The van der Waals surface area contributed by atoms with Crippen LogP contribution >= 0.6 is 11.6 Å². The zero-order valence-electron chi connectivity index (χ0n) is 13.0. The summed E-state index contributed by atoms with van der Waals surface area (Å²) in [5.41, 5.74) is 1.18. The third-order valence-electron chi connectivity index (χ3n) is 4.11. The van der Waals surface area contributed by atoms with Gasteiger partial charge in [0.25, 0.3) is 0 Å². The van der Waals surface area contributed by atoms with Gasteiger partial charge in [-0.05, 0) is 11.6 Å². The standard InChI is InChI=1S/C15H17ClN2O5/c1-21-8-6-7-9(14(23-3)13(8)22-2)12(19)11-10(7)18(11)15(20)17-5-4-16/h6,10-11H,4-5H2,1-3H3,(H,17,20). The highest BCUT2D eigenvalue weighted by atomic mass is 35.5. The molecule has 0 radical (unpaired) electrons. The predicted molar refractivity (Wildman–Crippen MR) is 82.9 cm³/mol. The van der Waals surface area contributed by atoms with Crippen LogP contribution < -0.4 is 19.5 Å². The summed E-state index contributed by atoms with van der Waals surface area (Å²) in [6.07, 6.45) is 0. The van der Waals surface area contributed by atoms with Crippen LogP contribution in [0.25, 0.3) is 0 Å². The van der Waals surface area contributed by atoms with Gasteiger partial charge in [-0.15, -0.1) is 11.6 Å². The van der Waals surface area contributed by atoms with E-state index in [1.165, 1.54) is 26.2 Å². The molecule has 0 spiro atoms. The van der Waals surface area contributed by atoms with E-state index in [1.54, 1.807) is 6.07 Å². The predicted octanol–water partition coefficient (Wildman–Crippen LogP) is 1.58. The number of halogens is 1. The van der Waals surface area contributed by atoms with Crippen LogP contribution in [0, 0.1) is 0 Å². The number of Topliss-reactive ketones (excluding diaryl/α,β-unsaturated/α-hetero) is 1. The fraction of sp³-hybridized carbons (Fsp3) is 0.467. The maximum atomic E-state index is 12.7. The van der Waals surface area contributed by atoms with E-state index in [9.17, 15) is 9.59 Å².